The molecule has 1 aromatic carbocycles. The van der Waals surface area contributed by atoms with Crippen LogP contribution in [0.25, 0.3) is 0 Å². The molecule has 0 spiro atoms. The van der Waals surface area contributed by atoms with Gasteiger partial charge in [0.1, 0.15) is 29.9 Å². The SMILES string of the molecule is NC(CO)C(=O)NC(Cc1ccc(O)cc1)C(=O)NC(CS)C(=O)NC(CO)C(=O)O. The smallest absolute Gasteiger partial charge is 0.328 e. The van der Waals surface area contributed by atoms with Crippen LogP contribution in [-0.2, 0) is 25.6 Å². The van der Waals surface area contributed by atoms with E-state index < -0.39 is 61.1 Å². The number of carboxylic acids is 1. The van der Waals surface area contributed by atoms with Crippen LogP contribution in [0, 0.1) is 0 Å². The molecule has 0 saturated carbocycles. The summed E-state index contributed by atoms with van der Waals surface area (Å²) in [6.07, 6.45) is -0.0364. The quantitative estimate of drug-likeness (QED) is 0.143. The number of rotatable bonds is 12. The molecule has 4 unspecified atom stereocenters. The van der Waals surface area contributed by atoms with Crippen molar-refractivity contribution >= 4 is 36.3 Å². The normalized spacial score (nSPS) is 14.6. The summed E-state index contributed by atoms with van der Waals surface area (Å²) in [5, 5.41) is 43.2. The summed E-state index contributed by atoms with van der Waals surface area (Å²) in [6, 6.07) is 0.493. The van der Waals surface area contributed by atoms with Gasteiger partial charge in [0.2, 0.25) is 17.7 Å². The van der Waals surface area contributed by atoms with Gasteiger partial charge in [0.15, 0.2) is 0 Å². The van der Waals surface area contributed by atoms with Crippen molar-refractivity contribution in [2.24, 2.45) is 5.73 Å². The average molecular weight is 458 g/mol. The lowest BCUT2D eigenvalue weighted by Gasteiger charge is -2.24. The van der Waals surface area contributed by atoms with Gasteiger partial charge in [-0.25, -0.2) is 4.79 Å². The second kappa shape index (κ2) is 12.7. The Morgan fingerprint density at radius 1 is 0.871 bits per heavy atom. The molecule has 1 rings (SSSR count). The molecular weight excluding hydrogens is 432 g/mol. The van der Waals surface area contributed by atoms with E-state index in [0.29, 0.717) is 5.56 Å². The summed E-state index contributed by atoms with van der Waals surface area (Å²) in [4.78, 5) is 48.1. The van der Waals surface area contributed by atoms with E-state index in [2.05, 4.69) is 28.6 Å². The molecule has 0 heterocycles. The molecule has 0 aliphatic carbocycles. The molecule has 4 atom stereocenters. The highest BCUT2D eigenvalue weighted by atomic mass is 32.1. The Hall–Kier alpha value is -2.87. The Morgan fingerprint density at radius 2 is 1.39 bits per heavy atom. The second-order valence-electron chi connectivity index (χ2n) is 6.55. The molecule has 3 amide bonds. The van der Waals surface area contributed by atoms with Crippen LogP contribution in [0.3, 0.4) is 0 Å². The van der Waals surface area contributed by atoms with Gasteiger partial charge < -0.3 is 42.1 Å². The summed E-state index contributed by atoms with van der Waals surface area (Å²) in [7, 11) is 0. The van der Waals surface area contributed by atoms with E-state index in [-0.39, 0.29) is 17.9 Å². The van der Waals surface area contributed by atoms with Crippen LogP contribution >= 0.6 is 12.6 Å². The number of phenols is 1. The standard InChI is InChI=1S/C18H26N4O8S/c19-11(6-23)15(26)20-12(5-9-1-3-10(25)4-2-9)16(27)22-14(8-31)17(28)21-13(7-24)18(29)30/h1-4,11-14,23-25,31H,5-8,19H2,(H,20,26)(H,21,28)(H,22,27)(H,29,30). The first-order valence-electron chi connectivity index (χ1n) is 9.12. The first-order chi connectivity index (χ1) is 14.6. The molecule has 0 aliphatic heterocycles. The zero-order valence-electron chi connectivity index (χ0n) is 16.4. The van der Waals surface area contributed by atoms with Crippen LogP contribution in [0.1, 0.15) is 5.56 Å². The Morgan fingerprint density at radius 3 is 1.87 bits per heavy atom. The minimum absolute atomic E-state index is 0.000216. The van der Waals surface area contributed by atoms with Crippen LogP contribution < -0.4 is 21.7 Å². The Labute approximate surface area is 183 Å². The van der Waals surface area contributed by atoms with Crippen molar-refractivity contribution in [3.8, 4) is 5.75 Å². The summed E-state index contributed by atoms with van der Waals surface area (Å²) in [5.74, 6) is -4.16. The molecule has 1 aromatic rings. The monoisotopic (exact) mass is 458 g/mol. The lowest BCUT2D eigenvalue weighted by atomic mass is 10.0. The maximum absolute atomic E-state index is 12.8. The molecule has 172 valence electrons. The predicted molar refractivity (Wildman–Crippen MR) is 111 cm³/mol. The van der Waals surface area contributed by atoms with E-state index in [4.69, 9.17) is 21.1 Å². The number of aliphatic carboxylic acids is 1. The minimum Gasteiger partial charge on any atom is -0.508 e. The number of benzene rings is 1. The summed E-state index contributed by atoms with van der Waals surface area (Å²) in [6.45, 7) is -1.51. The number of aromatic hydroxyl groups is 1. The third-order valence-corrected chi connectivity index (χ3v) is 4.52. The molecule has 0 fully saturated rings. The summed E-state index contributed by atoms with van der Waals surface area (Å²) >= 11 is 3.98. The molecule has 0 aromatic heterocycles. The number of carboxylic acid groups (broad SMARTS) is 1. The van der Waals surface area contributed by atoms with Gasteiger partial charge in [0.05, 0.1) is 13.2 Å². The highest BCUT2D eigenvalue weighted by molar-refractivity contribution is 7.80. The van der Waals surface area contributed by atoms with Gasteiger partial charge in [-0.15, -0.1) is 0 Å². The lowest BCUT2D eigenvalue weighted by Crippen LogP contribution is -2.58. The van der Waals surface area contributed by atoms with E-state index in [1.807, 2.05) is 0 Å². The van der Waals surface area contributed by atoms with Crippen LogP contribution in [0.5, 0.6) is 5.75 Å². The largest absolute Gasteiger partial charge is 0.508 e. The van der Waals surface area contributed by atoms with E-state index in [1.54, 1.807) is 0 Å². The van der Waals surface area contributed by atoms with Crippen molar-refractivity contribution in [3.63, 3.8) is 0 Å². The number of carbonyl (C=O) groups is 4. The van der Waals surface area contributed by atoms with Crippen LogP contribution in [0.15, 0.2) is 24.3 Å². The zero-order chi connectivity index (χ0) is 23.6. The molecule has 31 heavy (non-hydrogen) atoms. The number of aliphatic hydroxyl groups excluding tert-OH is 2. The van der Waals surface area contributed by atoms with E-state index >= 15 is 0 Å². The second-order valence-corrected chi connectivity index (χ2v) is 6.91. The van der Waals surface area contributed by atoms with Crippen LogP contribution in [0.2, 0.25) is 0 Å². The number of thiol groups is 1. The summed E-state index contributed by atoms with van der Waals surface area (Å²) in [5.41, 5.74) is 6.03. The molecule has 9 N–H and O–H groups in total. The van der Waals surface area contributed by atoms with E-state index in [0.717, 1.165) is 0 Å². The third-order valence-electron chi connectivity index (χ3n) is 4.16. The Balaban J connectivity index is 2.97. The third kappa shape index (κ3) is 8.41. The van der Waals surface area contributed by atoms with Crippen molar-refractivity contribution < 1.29 is 39.6 Å². The van der Waals surface area contributed by atoms with Gasteiger partial charge in [-0.05, 0) is 17.7 Å². The molecule has 0 aliphatic rings. The highest BCUT2D eigenvalue weighted by Gasteiger charge is 2.29. The fraction of sp³-hybridized carbons (Fsp3) is 0.444. The van der Waals surface area contributed by atoms with Gasteiger partial charge in [0.25, 0.3) is 0 Å². The fourth-order valence-electron chi connectivity index (χ4n) is 2.36. The van der Waals surface area contributed by atoms with Crippen LogP contribution in [-0.4, -0.2) is 87.3 Å². The Kier molecular flexibility index (Phi) is 10.8. The first kappa shape index (κ1) is 26.2. The average Bonchev–Trinajstić information content (AvgIpc) is 2.75. The number of aliphatic hydroxyl groups is 2. The summed E-state index contributed by atoms with van der Waals surface area (Å²) < 4.78 is 0. The number of nitrogens with two attached hydrogens (primary N) is 1. The maximum atomic E-state index is 12.8. The molecule has 12 nitrogen and oxygen atoms in total. The number of hydrogen-bond donors (Lipinski definition) is 9. The first-order valence-corrected chi connectivity index (χ1v) is 9.76. The van der Waals surface area contributed by atoms with Crippen molar-refractivity contribution in [2.45, 2.75) is 30.6 Å². The van der Waals surface area contributed by atoms with E-state index in [9.17, 15) is 24.3 Å². The number of amides is 3. The number of hydrogen-bond acceptors (Lipinski definition) is 9. The van der Waals surface area contributed by atoms with Crippen molar-refractivity contribution in [1.29, 1.82) is 0 Å². The molecule has 0 bridgehead atoms. The lowest BCUT2D eigenvalue weighted by molar-refractivity contribution is -0.143. The number of carbonyl (C=O) groups excluding carboxylic acids is 3. The van der Waals surface area contributed by atoms with Crippen LogP contribution in [0.4, 0.5) is 0 Å². The van der Waals surface area contributed by atoms with E-state index in [1.165, 1.54) is 24.3 Å². The minimum atomic E-state index is -1.57. The van der Waals surface area contributed by atoms with Gasteiger partial charge in [-0.1, -0.05) is 12.1 Å². The van der Waals surface area contributed by atoms with Gasteiger partial charge in [0, 0.05) is 12.2 Å². The highest BCUT2D eigenvalue weighted by Crippen LogP contribution is 2.12. The van der Waals surface area contributed by atoms with Gasteiger partial charge in [-0.2, -0.15) is 12.6 Å². The topological polar surface area (TPSA) is 211 Å². The predicted octanol–water partition coefficient (Wildman–Crippen LogP) is -3.28. The molecular formula is C18H26N4O8S. The van der Waals surface area contributed by atoms with Gasteiger partial charge in [-0.3, -0.25) is 14.4 Å². The van der Waals surface area contributed by atoms with Crippen molar-refractivity contribution in [3.05, 3.63) is 29.8 Å². The molecule has 0 saturated heterocycles. The number of phenolic OH excluding ortho intramolecular Hbond substituents is 1. The van der Waals surface area contributed by atoms with Crippen molar-refractivity contribution in [1.82, 2.24) is 16.0 Å². The zero-order valence-corrected chi connectivity index (χ0v) is 17.3. The maximum Gasteiger partial charge on any atom is 0.328 e. The van der Waals surface area contributed by atoms with Gasteiger partial charge >= 0.3 is 5.97 Å². The molecule has 13 heteroatoms. The van der Waals surface area contributed by atoms with Crippen molar-refractivity contribution in [2.75, 3.05) is 19.0 Å². The fourth-order valence-corrected chi connectivity index (χ4v) is 2.62. The number of nitrogens with one attached hydrogen (secondary N) is 3. The molecule has 0 radical (unpaired) electrons. The Bertz CT molecular complexity index is 776.